The van der Waals surface area contributed by atoms with Crippen LogP contribution in [0.25, 0.3) is 0 Å². The van der Waals surface area contributed by atoms with Crippen LogP contribution in [0.15, 0.2) is 46.9 Å². The third kappa shape index (κ3) is 5.84. The molecule has 0 heterocycles. The van der Waals surface area contributed by atoms with Gasteiger partial charge in [0.25, 0.3) is 0 Å². The number of nitrogens with zero attached hydrogens (tertiary/aromatic N) is 1. The maximum Gasteiger partial charge on any atom is 0.221 e. The molecule has 2 aromatic rings. The maximum atomic E-state index is 13.7. The van der Waals surface area contributed by atoms with E-state index in [2.05, 4.69) is 21.2 Å². The fraction of sp³-hybridized carbons (Fsp3) is 0.222. The van der Waals surface area contributed by atoms with Gasteiger partial charge in [0.2, 0.25) is 5.91 Å². The van der Waals surface area contributed by atoms with Gasteiger partial charge in [0.1, 0.15) is 23.4 Å². The molecule has 0 bridgehead atoms. The summed E-state index contributed by atoms with van der Waals surface area (Å²) in [4.78, 5) is 11.9. The Hall–Kier alpha value is -2.46. The second-order valence-electron chi connectivity index (χ2n) is 5.20. The molecule has 0 spiro atoms. The zero-order valence-electron chi connectivity index (χ0n) is 13.1. The van der Waals surface area contributed by atoms with Gasteiger partial charge in [0, 0.05) is 22.5 Å². The Morgan fingerprint density at radius 1 is 1.28 bits per heavy atom. The highest BCUT2D eigenvalue weighted by Crippen LogP contribution is 2.19. The van der Waals surface area contributed by atoms with Gasteiger partial charge in [-0.25, -0.2) is 8.78 Å². The Bertz CT molecular complexity index is 793. The van der Waals surface area contributed by atoms with Crippen LogP contribution in [0.1, 0.15) is 24.4 Å². The van der Waals surface area contributed by atoms with Gasteiger partial charge < -0.3 is 10.1 Å². The normalized spacial score (nSPS) is 11.4. The number of carbonyl (C=O) groups excluding carboxylic acids is 1. The molecule has 25 heavy (non-hydrogen) atoms. The summed E-state index contributed by atoms with van der Waals surface area (Å²) in [5, 5.41) is 11.5. The van der Waals surface area contributed by atoms with Gasteiger partial charge in [-0.05, 0) is 30.7 Å². The van der Waals surface area contributed by atoms with Crippen molar-refractivity contribution in [2.75, 3.05) is 6.61 Å². The molecule has 7 heteroatoms. The molecule has 0 radical (unpaired) electrons. The molecule has 0 fully saturated rings. The van der Waals surface area contributed by atoms with Gasteiger partial charge >= 0.3 is 0 Å². The van der Waals surface area contributed by atoms with E-state index in [1.807, 2.05) is 18.2 Å². The Labute approximate surface area is 152 Å². The Morgan fingerprint density at radius 2 is 2.08 bits per heavy atom. The molecule has 1 N–H and O–H groups in total. The van der Waals surface area contributed by atoms with Crippen LogP contribution >= 0.6 is 15.9 Å². The number of amides is 1. The predicted molar refractivity (Wildman–Crippen MR) is 91.7 cm³/mol. The zero-order chi connectivity index (χ0) is 18.2. The molecule has 130 valence electrons. The van der Waals surface area contributed by atoms with Gasteiger partial charge in [-0.1, -0.05) is 28.1 Å². The number of hydrogen-bond acceptors (Lipinski definition) is 3. The van der Waals surface area contributed by atoms with E-state index in [1.165, 1.54) is 0 Å². The van der Waals surface area contributed by atoms with Crippen molar-refractivity contribution in [1.82, 2.24) is 5.32 Å². The Balaban J connectivity index is 1.81. The molecule has 4 nitrogen and oxygen atoms in total. The van der Waals surface area contributed by atoms with Crippen molar-refractivity contribution in [1.29, 1.82) is 5.26 Å². The van der Waals surface area contributed by atoms with Crippen molar-refractivity contribution >= 4 is 21.8 Å². The topological polar surface area (TPSA) is 62.1 Å². The molecule has 0 aromatic heterocycles. The first-order valence-electron chi connectivity index (χ1n) is 7.52. The van der Waals surface area contributed by atoms with Gasteiger partial charge in [-0.3, -0.25) is 4.79 Å². The number of hydrogen-bond donors (Lipinski definition) is 1. The van der Waals surface area contributed by atoms with E-state index in [4.69, 9.17) is 10.00 Å². The lowest BCUT2D eigenvalue weighted by Crippen LogP contribution is -2.28. The molecule has 1 amide bonds. The summed E-state index contributed by atoms with van der Waals surface area (Å²) < 4.78 is 33.0. The highest BCUT2D eigenvalue weighted by molar-refractivity contribution is 9.10. The first-order valence-corrected chi connectivity index (χ1v) is 8.31. The third-order valence-electron chi connectivity index (χ3n) is 3.32. The first kappa shape index (κ1) is 18.9. The van der Waals surface area contributed by atoms with Crippen molar-refractivity contribution < 1.29 is 18.3 Å². The maximum absolute atomic E-state index is 13.7. The largest absolute Gasteiger partial charge is 0.494 e. The van der Waals surface area contributed by atoms with Crippen molar-refractivity contribution in [2.24, 2.45) is 0 Å². The molecular formula is C18H15BrF2N2O2. The van der Waals surface area contributed by atoms with Crippen LogP contribution in [0.3, 0.4) is 0 Å². The molecule has 2 rings (SSSR count). The van der Waals surface area contributed by atoms with Gasteiger partial charge in [-0.15, -0.1) is 0 Å². The van der Waals surface area contributed by atoms with E-state index < -0.39 is 23.6 Å². The van der Waals surface area contributed by atoms with Crippen molar-refractivity contribution in [3.63, 3.8) is 0 Å². The Kier molecular flexibility index (Phi) is 6.90. The van der Waals surface area contributed by atoms with E-state index in [0.29, 0.717) is 24.8 Å². The highest BCUT2D eigenvalue weighted by atomic mass is 79.9. The average molecular weight is 409 g/mol. The fourth-order valence-corrected chi connectivity index (χ4v) is 2.51. The lowest BCUT2D eigenvalue weighted by atomic mass is 10.1. The lowest BCUT2D eigenvalue weighted by molar-refractivity contribution is -0.121. The van der Waals surface area contributed by atoms with Crippen molar-refractivity contribution in [3.05, 3.63) is 64.1 Å². The van der Waals surface area contributed by atoms with E-state index >= 15 is 0 Å². The molecule has 1 atom stereocenters. The van der Waals surface area contributed by atoms with Crippen LogP contribution in [-0.4, -0.2) is 12.5 Å². The molecule has 0 aliphatic carbocycles. The summed E-state index contributed by atoms with van der Waals surface area (Å²) in [5.41, 5.74) is -0.0670. The number of nitriles is 1. The molecular weight excluding hydrogens is 394 g/mol. The van der Waals surface area contributed by atoms with Crippen LogP contribution in [-0.2, 0) is 4.79 Å². The zero-order valence-corrected chi connectivity index (χ0v) is 14.7. The van der Waals surface area contributed by atoms with Crippen LogP contribution in [0.4, 0.5) is 8.78 Å². The van der Waals surface area contributed by atoms with Crippen LogP contribution in [0, 0.1) is 23.0 Å². The standard InChI is InChI=1S/C18H15BrF2N2O2/c19-12-3-1-4-14(9-12)25-8-2-5-18(24)23-17(11-22)15-7-6-13(20)10-16(15)21/h1,3-4,6-7,9-10,17H,2,5,8H2,(H,23,24). The summed E-state index contributed by atoms with van der Waals surface area (Å²) in [6.45, 7) is 0.325. The second kappa shape index (κ2) is 9.14. The molecule has 1 unspecified atom stereocenters. The second-order valence-corrected chi connectivity index (χ2v) is 6.12. The fourth-order valence-electron chi connectivity index (χ4n) is 2.13. The van der Waals surface area contributed by atoms with Crippen molar-refractivity contribution in [3.8, 4) is 11.8 Å². The van der Waals surface area contributed by atoms with Crippen LogP contribution in [0.5, 0.6) is 5.75 Å². The quantitative estimate of drug-likeness (QED) is 0.695. The summed E-state index contributed by atoms with van der Waals surface area (Å²) in [6.07, 6.45) is 0.553. The monoisotopic (exact) mass is 408 g/mol. The summed E-state index contributed by atoms with van der Waals surface area (Å²) in [6, 6.07) is 10.8. The van der Waals surface area contributed by atoms with E-state index in [1.54, 1.807) is 12.1 Å². The summed E-state index contributed by atoms with van der Waals surface area (Å²) >= 11 is 3.33. The lowest BCUT2D eigenvalue weighted by Gasteiger charge is -2.13. The third-order valence-corrected chi connectivity index (χ3v) is 3.81. The predicted octanol–water partition coefficient (Wildman–Crippen LogP) is 4.27. The van der Waals surface area contributed by atoms with E-state index in [0.717, 1.165) is 16.6 Å². The molecule has 0 saturated heterocycles. The molecule has 0 saturated carbocycles. The van der Waals surface area contributed by atoms with Crippen LogP contribution in [0.2, 0.25) is 0 Å². The molecule has 0 aliphatic rings. The van der Waals surface area contributed by atoms with Gasteiger partial charge in [0.15, 0.2) is 0 Å². The average Bonchev–Trinajstić information content (AvgIpc) is 2.57. The SMILES string of the molecule is N#CC(NC(=O)CCCOc1cccc(Br)c1)c1ccc(F)cc1F. The number of rotatable bonds is 7. The number of carbonyl (C=O) groups is 1. The summed E-state index contributed by atoms with van der Waals surface area (Å²) in [7, 11) is 0. The minimum atomic E-state index is -1.17. The minimum Gasteiger partial charge on any atom is -0.494 e. The minimum absolute atomic E-state index is 0.0670. The van der Waals surface area contributed by atoms with Gasteiger partial charge in [0.05, 0.1) is 12.7 Å². The number of halogens is 3. The number of nitrogens with one attached hydrogen (secondary N) is 1. The van der Waals surface area contributed by atoms with Crippen LogP contribution < -0.4 is 10.1 Å². The first-order chi connectivity index (χ1) is 12.0. The summed E-state index contributed by atoms with van der Waals surface area (Å²) in [5.74, 6) is -1.34. The smallest absolute Gasteiger partial charge is 0.221 e. The Morgan fingerprint density at radius 3 is 2.76 bits per heavy atom. The highest BCUT2D eigenvalue weighted by Gasteiger charge is 2.18. The number of ether oxygens (including phenoxy) is 1. The molecule has 2 aromatic carbocycles. The molecule has 0 aliphatic heterocycles. The number of benzene rings is 2. The van der Waals surface area contributed by atoms with Gasteiger partial charge in [-0.2, -0.15) is 5.26 Å². The van der Waals surface area contributed by atoms with E-state index in [-0.39, 0.29) is 12.0 Å². The van der Waals surface area contributed by atoms with E-state index in [9.17, 15) is 13.6 Å². The van der Waals surface area contributed by atoms with Crippen molar-refractivity contribution in [2.45, 2.75) is 18.9 Å².